The van der Waals surface area contributed by atoms with Crippen LogP contribution in [-0.4, -0.2) is 36.0 Å². The minimum absolute atomic E-state index is 0.0623. The fraction of sp³-hybridized carbons (Fsp3) is 0.882. The number of carbonyl (C=O) groups is 2. The molecule has 2 amide bonds. The summed E-state index contributed by atoms with van der Waals surface area (Å²) in [5.41, 5.74) is -0.310. The number of rotatable bonds is 4. The summed E-state index contributed by atoms with van der Waals surface area (Å²) in [6.45, 7) is 4.91. The van der Waals surface area contributed by atoms with Crippen LogP contribution in [0.25, 0.3) is 0 Å². The number of fused-ring (bicyclic) bond motifs is 3. The highest BCUT2D eigenvalue weighted by Gasteiger charge is 2.52. The summed E-state index contributed by atoms with van der Waals surface area (Å²) in [5.74, 6) is 0.818. The Labute approximate surface area is 133 Å². The van der Waals surface area contributed by atoms with Crippen molar-refractivity contribution in [2.24, 2.45) is 11.8 Å². The van der Waals surface area contributed by atoms with Gasteiger partial charge >= 0.3 is 0 Å². The molecule has 0 aromatic heterocycles. The van der Waals surface area contributed by atoms with E-state index in [1.54, 1.807) is 0 Å². The lowest BCUT2D eigenvalue weighted by Crippen LogP contribution is -2.65. The van der Waals surface area contributed by atoms with E-state index in [1.165, 1.54) is 0 Å². The second-order valence-corrected chi connectivity index (χ2v) is 7.69. The van der Waals surface area contributed by atoms with Gasteiger partial charge in [-0.25, -0.2) is 0 Å². The van der Waals surface area contributed by atoms with E-state index in [2.05, 4.69) is 16.0 Å². The van der Waals surface area contributed by atoms with Gasteiger partial charge in [0.25, 0.3) is 0 Å². The fourth-order valence-electron chi connectivity index (χ4n) is 4.53. The summed E-state index contributed by atoms with van der Waals surface area (Å²) < 4.78 is 0. The van der Waals surface area contributed by atoms with Crippen LogP contribution in [0, 0.1) is 11.8 Å². The zero-order valence-electron chi connectivity index (χ0n) is 13.8. The van der Waals surface area contributed by atoms with Crippen LogP contribution in [0.1, 0.15) is 58.8 Å². The minimum atomic E-state index is -0.310. The van der Waals surface area contributed by atoms with Crippen molar-refractivity contribution in [2.45, 2.75) is 76.4 Å². The molecule has 1 heterocycles. The monoisotopic (exact) mass is 307 g/mol. The molecule has 22 heavy (non-hydrogen) atoms. The SMILES string of the molecule is CC(C)NC(=O)[C@@H]1CC2CCC1(NC(=O)[C@@H]1CCCN1)CC2. The second kappa shape index (κ2) is 6.19. The summed E-state index contributed by atoms with van der Waals surface area (Å²) >= 11 is 0. The van der Waals surface area contributed by atoms with E-state index in [9.17, 15) is 9.59 Å². The molecule has 1 aliphatic heterocycles. The van der Waals surface area contributed by atoms with Crippen molar-refractivity contribution < 1.29 is 9.59 Å². The number of hydrogen-bond donors (Lipinski definition) is 3. The molecule has 0 aromatic carbocycles. The van der Waals surface area contributed by atoms with Crippen LogP contribution in [0.15, 0.2) is 0 Å². The van der Waals surface area contributed by atoms with Gasteiger partial charge < -0.3 is 16.0 Å². The van der Waals surface area contributed by atoms with Gasteiger partial charge in [0.05, 0.1) is 17.5 Å². The molecule has 3 saturated carbocycles. The quantitative estimate of drug-likeness (QED) is 0.734. The molecule has 4 aliphatic rings. The Morgan fingerprint density at radius 3 is 2.45 bits per heavy atom. The van der Waals surface area contributed by atoms with Crippen molar-refractivity contribution >= 4 is 11.8 Å². The van der Waals surface area contributed by atoms with Crippen molar-refractivity contribution in [3.05, 3.63) is 0 Å². The molecule has 124 valence electrons. The Morgan fingerprint density at radius 1 is 1.14 bits per heavy atom. The van der Waals surface area contributed by atoms with Gasteiger partial charge in [-0.1, -0.05) is 0 Å². The highest BCUT2D eigenvalue weighted by atomic mass is 16.2. The van der Waals surface area contributed by atoms with Gasteiger partial charge in [-0.3, -0.25) is 9.59 Å². The summed E-state index contributed by atoms with van der Waals surface area (Å²) in [5, 5.41) is 9.63. The number of nitrogens with one attached hydrogen (secondary N) is 3. The van der Waals surface area contributed by atoms with E-state index in [4.69, 9.17) is 0 Å². The predicted molar refractivity (Wildman–Crippen MR) is 85.2 cm³/mol. The lowest BCUT2D eigenvalue weighted by Gasteiger charge is -2.52. The van der Waals surface area contributed by atoms with Gasteiger partial charge in [0.2, 0.25) is 11.8 Å². The molecule has 2 bridgehead atoms. The Hall–Kier alpha value is -1.10. The van der Waals surface area contributed by atoms with Crippen molar-refractivity contribution in [1.82, 2.24) is 16.0 Å². The molecular weight excluding hydrogens is 278 g/mol. The van der Waals surface area contributed by atoms with E-state index in [0.717, 1.165) is 51.5 Å². The lowest BCUT2D eigenvalue weighted by atomic mass is 9.59. The molecule has 3 aliphatic carbocycles. The number of carbonyl (C=O) groups excluding carboxylic acids is 2. The third-order valence-corrected chi connectivity index (χ3v) is 5.73. The van der Waals surface area contributed by atoms with Crippen LogP contribution in [0.4, 0.5) is 0 Å². The van der Waals surface area contributed by atoms with E-state index < -0.39 is 0 Å². The summed E-state index contributed by atoms with van der Waals surface area (Å²) in [6, 6.07) is 0.0834. The van der Waals surface area contributed by atoms with Gasteiger partial charge in [0.15, 0.2) is 0 Å². The average molecular weight is 307 g/mol. The second-order valence-electron chi connectivity index (χ2n) is 7.69. The van der Waals surface area contributed by atoms with Crippen LogP contribution >= 0.6 is 0 Å². The van der Waals surface area contributed by atoms with Crippen molar-refractivity contribution in [3.63, 3.8) is 0 Å². The first-order valence-corrected chi connectivity index (χ1v) is 8.86. The molecule has 5 heteroatoms. The predicted octanol–water partition coefficient (Wildman–Crippen LogP) is 1.33. The molecule has 1 saturated heterocycles. The highest BCUT2D eigenvalue weighted by Crippen LogP contribution is 2.48. The minimum Gasteiger partial charge on any atom is -0.354 e. The van der Waals surface area contributed by atoms with E-state index in [-0.39, 0.29) is 35.4 Å². The van der Waals surface area contributed by atoms with Crippen molar-refractivity contribution in [2.75, 3.05) is 6.54 Å². The molecule has 0 radical (unpaired) electrons. The van der Waals surface area contributed by atoms with Gasteiger partial charge in [-0.05, 0) is 71.3 Å². The molecule has 0 spiro atoms. The topological polar surface area (TPSA) is 70.2 Å². The third kappa shape index (κ3) is 3.00. The first-order valence-electron chi connectivity index (χ1n) is 8.86. The molecule has 3 N–H and O–H groups in total. The highest BCUT2D eigenvalue weighted by molar-refractivity contribution is 5.86. The maximum absolute atomic E-state index is 12.6. The smallest absolute Gasteiger partial charge is 0.237 e. The number of hydrogen-bond acceptors (Lipinski definition) is 3. The molecule has 4 rings (SSSR count). The van der Waals surface area contributed by atoms with Crippen molar-refractivity contribution in [3.8, 4) is 0 Å². The van der Waals surface area contributed by atoms with Crippen LogP contribution < -0.4 is 16.0 Å². The van der Waals surface area contributed by atoms with E-state index in [0.29, 0.717) is 5.92 Å². The first kappa shape index (κ1) is 15.8. The van der Waals surface area contributed by atoms with Gasteiger partial charge in [0.1, 0.15) is 0 Å². The van der Waals surface area contributed by atoms with Crippen LogP contribution in [0.5, 0.6) is 0 Å². The van der Waals surface area contributed by atoms with E-state index >= 15 is 0 Å². The molecule has 4 fully saturated rings. The third-order valence-electron chi connectivity index (χ3n) is 5.73. The Balaban J connectivity index is 1.73. The Morgan fingerprint density at radius 2 is 1.86 bits per heavy atom. The maximum Gasteiger partial charge on any atom is 0.237 e. The average Bonchev–Trinajstić information content (AvgIpc) is 3.01. The zero-order chi connectivity index (χ0) is 15.7. The standard InChI is InChI=1S/C17H29N3O2/c1-11(2)19-15(21)13-10-12-5-7-17(13,8-6-12)20-16(22)14-4-3-9-18-14/h11-14,18H,3-10H2,1-2H3,(H,19,21)(H,20,22)/t12?,13-,14-,17?/m0/s1. The fourth-order valence-corrected chi connectivity index (χ4v) is 4.53. The zero-order valence-corrected chi connectivity index (χ0v) is 13.8. The Kier molecular flexibility index (Phi) is 4.44. The van der Waals surface area contributed by atoms with Crippen LogP contribution in [-0.2, 0) is 9.59 Å². The Bertz CT molecular complexity index is 435. The molecule has 2 atom stereocenters. The molecule has 5 nitrogen and oxygen atoms in total. The lowest BCUT2D eigenvalue weighted by molar-refractivity contribution is -0.137. The first-order chi connectivity index (χ1) is 10.5. The van der Waals surface area contributed by atoms with Crippen LogP contribution in [0.3, 0.4) is 0 Å². The largest absolute Gasteiger partial charge is 0.354 e. The summed E-state index contributed by atoms with van der Waals surface area (Å²) in [6.07, 6.45) is 7.08. The summed E-state index contributed by atoms with van der Waals surface area (Å²) in [7, 11) is 0. The van der Waals surface area contributed by atoms with Gasteiger partial charge in [-0.2, -0.15) is 0 Å². The number of amides is 2. The van der Waals surface area contributed by atoms with E-state index in [1.807, 2.05) is 13.8 Å². The molecular formula is C17H29N3O2. The maximum atomic E-state index is 12.6. The molecule has 0 aromatic rings. The van der Waals surface area contributed by atoms with Crippen molar-refractivity contribution in [1.29, 1.82) is 0 Å². The molecule has 0 unspecified atom stereocenters. The van der Waals surface area contributed by atoms with Gasteiger partial charge in [-0.15, -0.1) is 0 Å². The normalized spacial score (nSPS) is 37.3. The van der Waals surface area contributed by atoms with Gasteiger partial charge in [0, 0.05) is 6.04 Å². The summed E-state index contributed by atoms with van der Waals surface area (Å²) in [4.78, 5) is 25.2. The van der Waals surface area contributed by atoms with Crippen LogP contribution in [0.2, 0.25) is 0 Å².